The second-order valence-electron chi connectivity index (χ2n) is 6.54. The lowest BCUT2D eigenvalue weighted by atomic mass is 10.1. The summed E-state index contributed by atoms with van der Waals surface area (Å²) in [5, 5.41) is 10.9. The summed E-state index contributed by atoms with van der Waals surface area (Å²) in [7, 11) is 1.77. The van der Waals surface area contributed by atoms with Gasteiger partial charge in [0.05, 0.1) is 12.3 Å². The van der Waals surface area contributed by atoms with Gasteiger partial charge in [-0.2, -0.15) is 5.10 Å². The predicted octanol–water partition coefficient (Wildman–Crippen LogP) is 3.58. The number of hydrogen-bond donors (Lipinski definition) is 2. The van der Waals surface area contributed by atoms with Gasteiger partial charge in [0.15, 0.2) is 5.96 Å². The third-order valence-corrected chi connectivity index (χ3v) is 4.37. The minimum absolute atomic E-state index is 0. The van der Waals surface area contributed by atoms with Crippen LogP contribution in [0.5, 0.6) is 5.88 Å². The molecule has 0 aliphatic heterocycles. The number of halogens is 1. The molecule has 2 heterocycles. The number of ether oxygens (including phenoxy) is 1. The Hall–Kier alpha value is -2.62. The summed E-state index contributed by atoms with van der Waals surface area (Å²) in [6, 6.07) is 14.3. The van der Waals surface area contributed by atoms with E-state index in [2.05, 4.69) is 56.9 Å². The monoisotopic (exact) mass is 520 g/mol. The summed E-state index contributed by atoms with van der Waals surface area (Å²) in [5.74, 6) is 1.43. The molecule has 0 saturated carbocycles. The number of guanidine groups is 1. The lowest BCUT2D eigenvalue weighted by Crippen LogP contribution is -2.38. The van der Waals surface area contributed by atoms with Gasteiger partial charge in [-0.25, -0.2) is 9.67 Å². The van der Waals surface area contributed by atoms with E-state index in [4.69, 9.17) is 4.74 Å². The van der Waals surface area contributed by atoms with Crippen LogP contribution in [-0.2, 0) is 13.0 Å². The molecular formula is C22H29IN6O. The van der Waals surface area contributed by atoms with Crippen LogP contribution in [0.15, 0.2) is 66.0 Å². The molecule has 1 aromatic carbocycles. The van der Waals surface area contributed by atoms with Gasteiger partial charge in [0, 0.05) is 44.3 Å². The highest BCUT2D eigenvalue weighted by molar-refractivity contribution is 14.0. The molecule has 7 nitrogen and oxygen atoms in total. The number of nitrogens with one attached hydrogen (secondary N) is 2. The van der Waals surface area contributed by atoms with Gasteiger partial charge < -0.3 is 15.4 Å². The highest BCUT2D eigenvalue weighted by Gasteiger charge is 2.06. The molecule has 0 amide bonds. The highest BCUT2D eigenvalue weighted by Crippen LogP contribution is 2.14. The average molecular weight is 520 g/mol. The minimum atomic E-state index is 0. The van der Waals surface area contributed by atoms with Crippen molar-refractivity contribution < 1.29 is 4.74 Å². The number of rotatable bonds is 9. The summed E-state index contributed by atoms with van der Waals surface area (Å²) in [5.41, 5.74) is 3.33. The van der Waals surface area contributed by atoms with Crippen molar-refractivity contribution in [3.8, 4) is 11.6 Å². The van der Waals surface area contributed by atoms with Crippen LogP contribution in [0.1, 0.15) is 24.5 Å². The van der Waals surface area contributed by atoms with Gasteiger partial charge >= 0.3 is 0 Å². The number of aromatic nitrogens is 3. The van der Waals surface area contributed by atoms with Crippen LogP contribution >= 0.6 is 24.0 Å². The van der Waals surface area contributed by atoms with Crippen molar-refractivity contribution in [3.05, 3.63) is 72.2 Å². The molecule has 3 rings (SSSR count). The Labute approximate surface area is 195 Å². The van der Waals surface area contributed by atoms with Gasteiger partial charge in [-0.15, -0.1) is 24.0 Å². The zero-order chi connectivity index (χ0) is 20.3. The van der Waals surface area contributed by atoms with E-state index < -0.39 is 0 Å². The van der Waals surface area contributed by atoms with Crippen LogP contribution in [0.3, 0.4) is 0 Å². The first-order chi connectivity index (χ1) is 14.3. The first kappa shape index (κ1) is 23.7. The quantitative estimate of drug-likeness (QED) is 0.256. The molecule has 0 spiro atoms. The molecule has 0 saturated heterocycles. The molecular weight excluding hydrogens is 491 g/mol. The SMILES string of the molecule is CCCOc1ncccc1CNC(=NC)NCCc1ccc(-n2cccn2)cc1.I. The van der Waals surface area contributed by atoms with E-state index in [-0.39, 0.29) is 24.0 Å². The Bertz CT molecular complexity index is 896. The number of aliphatic imine (C=N–C) groups is 1. The predicted molar refractivity (Wildman–Crippen MR) is 131 cm³/mol. The maximum atomic E-state index is 5.71. The van der Waals surface area contributed by atoms with Crippen LogP contribution in [0, 0.1) is 0 Å². The smallest absolute Gasteiger partial charge is 0.218 e. The van der Waals surface area contributed by atoms with Gasteiger partial charge in [-0.05, 0) is 42.7 Å². The van der Waals surface area contributed by atoms with Crippen molar-refractivity contribution in [2.45, 2.75) is 26.3 Å². The largest absolute Gasteiger partial charge is 0.477 e. The highest BCUT2D eigenvalue weighted by atomic mass is 127. The van der Waals surface area contributed by atoms with Crippen LogP contribution in [-0.4, -0.2) is 40.9 Å². The molecule has 0 bridgehead atoms. The van der Waals surface area contributed by atoms with Crippen LogP contribution in [0.2, 0.25) is 0 Å². The van der Waals surface area contributed by atoms with Gasteiger partial charge in [0.2, 0.25) is 5.88 Å². The summed E-state index contributed by atoms with van der Waals surface area (Å²) >= 11 is 0. The molecule has 3 aromatic rings. The fraction of sp³-hybridized carbons (Fsp3) is 0.318. The van der Waals surface area contributed by atoms with E-state index in [1.807, 2.05) is 29.1 Å². The van der Waals surface area contributed by atoms with E-state index in [1.54, 1.807) is 19.4 Å². The van der Waals surface area contributed by atoms with E-state index >= 15 is 0 Å². The van der Waals surface area contributed by atoms with Crippen LogP contribution in [0.25, 0.3) is 5.69 Å². The maximum absolute atomic E-state index is 5.71. The zero-order valence-corrected chi connectivity index (χ0v) is 19.7. The molecule has 0 fully saturated rings. The van der Waals surface area contributed by atoms with Crippen molar-refractivity contribution >= 4 is 29.9 Å². The molecule has 0 aliphatic carbocycles. The third-order valence-electron chi connectivity index (χ3n) is 4.37. The average Bonchev–Trinajstić information content (AvgIpc) is 3.30. The molecule has 30 heavy (non-hydrogen) atoms. The van der Waals surface area contributed by atoms with Crippen molar-refractivity contribution in [2.75, 3.05) is 20.2 Å². The Morgan fingerprint density at radius 2 is 1.93 bits per heavy atom. The van der Waals surface area contributed by atoms with Crippen LogP contribution < -0.4 is 15.4 Å². The van der Waals surface area contributed by atoms with Crippen LogP contribution in [0.4, 0.5) is 0 Å². The van der Waals surface area contributed by atoms with Crippen molar-refractivity contribution in [1.82, 2.24) is 25.4 Å². The molecule has 2 aromatic heterocycles. The Kier molecular flexibility index (Phi) is 10.1. The summed E-state index contributed by atoms with van der Waals surface area (Å²) in [6.07, 6.45) is 7.32. The standard InChI is InChI=1S/C22H28N6O.HI/c1-3-16-29-21-19(6-4-12-24-21)17-26-22(23-2)25-14-11-18-7-9-20(10-8-18)28-15-5-13-27-28;/h4-10,12-13,15H,3,11,14,16-17H2,1-2H3,(H2,23,25,26);1H. The zero-order valence-electron chi connectivity index (χ0n) is 17.4. The topological polar surface area (TPSA) is 76.4 Å². The van der Waals surface area contributed by atoms with E-state index in [0.29, 0.717) is 19.0 Å². The van der Waals surface area contributed by atoms with Gasteiger partial charge in [0.1, 0.15) is 0 Å². The lowest BCUT2D eigenvalue weighted by Gasteiger charge is -2.14. The number of hydrogen-bond acceptors (Lipinski definition) is 4. The van der Waals surface area contributed by atoms with Crippen molar-refractivity contribution in [3.63, 3.8) is 0 Å². The number of pyridine rings is 1. The number of nitrogens with zero attached hydrogens (tertiary/aromatic N) is 4. The Morgan fingerprint density at radius 1 is 1.10 bits per heavy atom. The summed E-state index contributed by atoms with van der Waals surface area (Å²) in [4.78, 5) is 8.61. The van der Waals surface area contributed by atoms with Gasteiger partial charge in [0.25, 0.3) is 0 Å². The van der Waals surface area contributed by atoms with E-state index in [9.17, 15) is 0 Å². The van der Waals surface area contributed by atoms with E-state index in [1.165, 1.54) is 5.56 Å². The normalized spacial score (nSPS) is 10.9. The van der Waals surface area contributed by atoms with E-state index in [0.717, 1.165) is 36.6 Å². The molecule has 0 unspecified atom stereocenters. The maximum Gasteiger partial charge on any atom is 0.218 e. The van der Waals surface area contributed by atoms with Gasteiger partial charge in [-0.3, -0.25) is 4.99 Å². The second kappa shape index (κ2) is 12.8. The first-order valence-corrected chi connectivity index (χ1v) is 9.90. The fourth-order valence-electron chi connectivity index (χ4n) is 2.85. The number of benzene rings is 1. The Balaban J connectivity index is 0.00000320. The minimum Gasteiger partial charge on any atom is -0.477 e. The second-order valence-corrected chi connectivity index (χ2v) is 6.54. The lowest BCUT2D eigenvalue weighted by molar-refractivity contribution is 0.301. The van der Waals surface area contributed by atoms with Crippen molar-refractivity contribution in [1.29, 1.82) is 0 Å². The molecule has 0 aliphatic rings. The van der Waals surface area contributed by atoms with Gasteiger partial charge in [-0.1, -0.05) is 25.1 Å². The summed E-state index contributed by atoms with van der Waals surface area (Å²) < 4.78 is 7.56. The molecule has 0 atom stereocenters. The molecule has 8 heteroatoms. The molecule has 0 radical (unpaired) electrons. The van der Waals surface area contributed by atoms with Crippen molar-refractivity contribution in [2.24, 2.45) is 4.99 Å². The molecule has 160 valence electrons. The fourth-order valence-corrected chi connectivity index (χ4v) is 2.85. The summed E-state index contributed by atoms with van der Waals surface area (Å²) in [6.45, 7) is 4.13. The Morgan fingerprint density at radius 3 is 2.63 bits per heavy atom. The molecule has 2 N–H and O–H groups in total. The third kappa shape index (κ3) is 7.01. The first-order valence-electron chi connectivity index (χ1n) is 9.90.